The van der Waals surface area contributed by atoms with Gasteiger partial charge < -0.3 is 9.73 Å². The predicted octanol–water partition coefficient (Wildman–Crippen LogP) is 3.62. The molecule has 0 unspecified atom stereocenters. The number of hydrogen-bond donors (Lipinski definition) is 2. The van der Waals surface area contributed by atoms with Gasteiger partial charge >= 0.3 is 0 Å². The smallest absolute Gasteiger partial charge is 0.293 e. The molecule has 0 radical (unpaired) electrons. The van der Waals surface area contributed by atoms with Gasteiger partial charge in [0.15, 0.2) is 15.5 Å². The zero-order valence-corrected chi connectivity index (χ0v) is 13.4. The molecule has 1 rings (SSSR count). The van der Waals surface area contributed by atoms with Crippen LogP contribution in [0.25, 0.3) is 0 Å². The zero-order valence-electron chi connectivity index (χ0n) is 11.0. The first-order valence-corrected chi connectivity index (χ1v) is 7.68. The summed E-state index contributed by atoms with van der Waals surface area (Å²) in [6.45, 7) is 2.97. The molecule has 2 N–H and O–H groups in total. The van der Waals surface area contributed by atoms with Gasteiger partial charge in [-0.25, -0.2) is 0 Å². The Morgan fingerprint density at radius 3 is 2.68 bits per heavy atom. The number of rotatable bonds is 7. The van der Waals surface area contributed by atoms with E-state index in [1.165, 1.54) is 25.7 Å². The van der Waals surface area contributed by atoms with Crippen LogP contribution in [0.4, 0.5) is 0 Å². The van der Waals surface area contributed by atoms with Crippen molar-refractivity contribution >= 4 is 39.2 Å². The van der Waals surface area contributed by atoms with Crippen LogP contribution in [0.5, 0.6) is 0 Å². The zero-order chi connectivity index (χ0) is 14.1. The molecule has 0 fully saturated rings. The van der Waals surface area contributed by atoms with Gasteiger partial charge in [-0.15, -0.1) is 0 Å². The van der Waals surface area contributed by atoms with E-state index in [-0.39, 0.29) is 11.7 Å². The van der Waals surface area contributed by atoms with E-state index in [2.05, 4.69) is 33.5 Å². The van der Waals surface area contributed by atoms with Crippen LogP contribution >= 0.6 is 28.1 Å². The Morgan fingerprint density at radius 1 is 1.32 bits per heavy atom. The average Bonchev–Trinajstić information content (AvgIpc) is 2.80. The number of amides is 1. The highest BCUT2D eigenvalue weighted by molar-refractivity contribution is 9.10. The second-order valence-electron chi connectivity index (χ2n) is 4.23. The predicted molar refractivity (Wildman–Crippen MR) is 83.2 cm³/mol. The van der Waals surface area contributed by atoms with Crippen LogP contribution in [0.2, 0.25) is 0 Å². The van der Waals surface area contributed by atoms with Gasteiger partial charge in [0.1, 0.15) is 0 Å². The Balaban J connectivity index is 2.15. The highest BCUT2D eigenvalue weighted by Gasteiger charge is 2.11. The quantitative estimate of drug-likeness (QED) is 0.584. The highest BCUT2D eigenvalue weighted by atomic mass is 79.9. The molecule has 0 aromatic carbocycles. The lowest BCUT2D eigenvalue weighted by Crippen LogP contribution is -2.39. The lowest BCUT2D eigenvalue weighted by atomic mass is 10.1. The fourth-order valence-electron chi connectivity index (χ4n) is 1.58. The number of nitrogens with one attached hydrogen (secondary N) is 2. The van der Waals surface area contributed by atoms with Crippen molar-refractivity contribution in [3.63, 3.8) is 0 Å². The third-order valence-electron chi connectivity index (χ3n) is 2.59. The van der Waals surface area contributed by atoms with Gasteiger partial charge in [-0.05, 0) is 46.7 Å². The number of halogens is 1. The molecular weight excluding hydrogens is 328 g/mol. The fraction of sp³-hybridized carbons (Fsp3) is 0.538. The van der Waals surface area contributed by atoms with E-state index in [4.69, 9.17) is 16.6 Å². The summed E-state index contributed by atoms with van der Waals surface area (Å²) < 4.78 is 5.65. The SMILES string of the molecule is CCCCCCCNC(=S)NC(=O)c1ccc(Br)o1. The molecule has 0 atom stereocenters. The molecule has 0 bridgehead atoms. The first-order valence-electron chi connectivity index (χ1n) is 6.48. The Morgan fingerprint density at radius 2 is 2.05 bits per heavy atom. The van der Waals surface area contributed by atoms with Crippen LogP contribution in [0, 0.1) is 0 Å². The second kappa shape index (κ2) is 9.09. The van der Waals surface area contributed by atoms with Crippen molar-refractivity contribution in [3.05, 3.63) is 22.6 Å². The number of furan rings is 1. The number of hydrogen-bond acceptors (Lipinski definition) is 3. The van der Waals surface area contributed by atoms with Crippen molar-refractivity contribution in [1.82, 2.24) is 10.6 Å². The maximum absolute atomic E-state index is 11.7. The van der Waals surface area contributed by atoms with Crippen LogP contribution in [0.3, 0.4) is 0 Å². The van der Waals surface area contributed by atoms with Crippen LogP contribution in [0.1, 0.15) is 49.6 Å². The van der Waals surface area contributed by atoms with Crippen LogP contribution in [-0.4, -0.2) is 17.6 Å². The molecule has 1 heterocycles. The lowest BCUT2D eigenvalue weighted by molar-refractivity contribution is 0.0948. The van der Waals surface area contributed by atoms with Crippen molar-refractivity contribution in [2.45, 2.75) is 39.0 Å². The van der Waals surface area contributed by atoms with E-state index in [0.29, 0.717) is 9.78 Å². The van der Waals surface area contributed by atoms with Crippen molar-refractivity contribution in [2.75, 3.05) is 6.54 Å². The molecule has 4 nitrogen and oxygen atoms in total. The van der Waals surface area contributed by atoms with E-state index in [9.17, 15) is 4.79 Å². The largest absolute Gasteiger partial charge is 0.444 e. The van der Waals surface area contributed by atoms with E-state index < -0.39 is 0 Å². The van der Waals surface area contributed by atoms with Crippen LogP contribution in [-0.2, 0) is 0 Å². The first-order chi connectivity index (χ1) is 9.13. The van der Waals surface area contributed by atoms with Crippen molar-refractivity contribution in [1.29, 1.82) is 0 Å². The third kappa shape index (κ3) is 6.73. The molecule has 1 aromatic rings. The lowest BCUT2D eigenvalue weighted by Gasteiger charge is -2.08. The first kappa shape index (κ1) is 16.2. The summed E-state index contributed by atoms with van der Waals surface area (Å²) in [6, 6.07) is 3.26. The standard InChI is InChI=1S/C13H19BrN2O2S/c1-2-3-4-5-6-9-15-13(19)16-12(17)10-7-8-11(14)18-10/h7-8H,2-6,9H2,1H3,(H2,15,16,17,19). The average molecular weight is 347 g/mol. The van der Waals surface area contributed by atoms with E-state index in [1.807, 2.05) is 0 Å². The van der Waals surface area contributed by atoms with Crippen molar-refractivity contribution in [3.8, 4) is 0 Å². The van der Waals surface area contributed by atoms with E-state index >= 15 is 0 Å². The minimum atomic E-state index is -0.339. The van der Waals surface area contributed by atoms with Gasteiger partial charge in [-0.1, -0.05) is 32.6 Å². The van der Waals surface area contributed by atoms with Crippen LogP contribution < -0.4 is 10.6 Å². The van der Waals surface area contributed by atoms with Crippen LogP contribution in [0.15, 0.2) is 21.2 Å². The molecule has 0 saturated heterocycles. The highest BCUT2D eigenvalue weighted by Crippen LogP contribution is 2.13. The van der Waals surface area contributed by atoms with Gasteiger partial charge in [0, 0.05) is 6.54 Å². The Labute approximate surface area is 127 Å². The second-order valence-corrected chi connectivity index (χ2v) is 5.42. The maximum Gasteiger partial charge on any atom is 0.293 e. The third-order valence-corrected chi connectivity index (χ3v) is 3.26. The number of unbranched alkanes of at least 4 members (excludes halogenated alkanes) is 4. The number of thiocarbonyl (C=S) groups is 1. The summed E-state index contributed by atoms with van der Waals surface area (Å²) in [4.78, 5) is 11.7. The maximum atomic E-state index is 11.7. The van der Waals surface area contributed by atoms with Gasteiger partial charge in [0.25, 0.3) is 5.91 Å². The van der Waals surface area contributed by atoms with Gasteiger partial charge in [0.05, 0.1) is 0 Å². The summed E-state index contributed by atoms with van der Waals surface area (Å²) >= 11 is 8.18. The molecule has 0 saturated carbocycles. The minimum Gasteiger partial charge on any atom is -0.444 e. The van der Waals surface area contributed by atoms with E-state index in [1.54, 1.807) is 12.1 Å². The van der Waals surface area contributed by atoms with Crippen molar-refractivity contribution in [2.24, 2.45) is 0 Å². The number of carbonyl (C=O) groups is 1. The Bertz CT molecular complexity index is 421. The molecule has 0 aliphatic rings. The number of carbonyl (C=O) groups excluding carboxylic acids is 1. The molecule has 106 valence electrons. The van der Waals surface area contributed by atoms with Crippen molar-refractivity contribution < 1.29 is 9.21 Å². The molecule has 1 amide bonds. The van der Waals surface area contributed by atoms with Gasteiger partial charge in [-0.2, -0.15) is 0 Å². The van der Waals surface area contributed by atoms with E-state index in [0.717, 1.165) is 13.0 Å². The fourth-order valence-corrected chi connectivity index (χ4v) is 2.08. The molecule has 0 aliphatic heterocycles. The Kier molecular flexibility index (Phi) is 7.74. The van der Waals surface area contributed by atoms with Gasteiger partial charge in [0.2, 0.25) is 0 Å². The monoisotopic (exact) mass is 346 g/mol. The molecule has 1 aromatic heterocycles. The molecule has 19 heavy (non-hydrogen) atoms. The summed E-state index contributed by atoms with van der Waals surface area (Å²) in [7, 11) is 0. The summed E-state index contributed by atoms with van der Waals surface area (Å²) in [5, 5.41) is 5.93. The summed E-state index contributed by atoms with van der Waals surface area (Å²) in [5.41, 5.74) is 0. The molecule has 6 heteroatoms. The topological polar surface area (TPSA) is 54.3 Å². The summed E-state index contributed by atoms with van der Waals surface area (Å²) in [6.07, 6.45) is 6.00. The minimum absolute atomic E-state index is 0.235. The van der Waals surface area contributed by atoms with Gasteiger partial charge in [-0.3, -0.25) is 10.1 Å². The molecule has 0 aliphatic carbocycles. The molecular formula is C13H19BrN2O2S. The normalized spacial score (nSPS) is 10.2. The Hall–Kier alpha value is -0.880. The summed E-state index contributed by atoms with van der Waals surface area (Å²) in [5.74, 6) is -0.104. The molecule has 0 spiro atoms.